The van der Waals surface area contributed by atoms with E-state index in [1.54, 1.807) is 4.90 Å². The van der Waals surface area contributed by atoms with Crippen molar-refractivity contribution in [2.24, 2.45) is 5.73 Å². The molecule has 1 saturated heterocycles. The number of hydrogen-bond donors (Lipinski definition) is 1. The van der Waals surface area contributed by atoms with Crippen LogP contribution in [-0.4, -0.2) is 36.3 Å². The van der Waals surface area contributed by atoms with Gasteiger partial charge in [-0.2, -0.15) is 0 Å². The number of carbonyl (C=O) groups excluding carboxylic acids is 1. The van der Waals surface area contributed by atoms with Crippen molar-refractivity contribution in [3.63, 3.8) is 0 Å². The number of benzene rings is 1. The molecule has 1 spiro atoms. The number of piperidine rings is 1. The summed E-state index contributed by atoms with van der Waals surface area (Å²) in [4.78, 5) is 13.6. The van der Waals surface area contributed by atoms with E-state index in [0.717, 1.165) is 35.0 Å². The van der Waals surface area contributed by atoms with Crippen LogP contribution in [0.4, 0.5) is 4.79 Å². The number of halogens is 1. The summed E-state index contributed by atoms with van der Waals surface area (Å²) in [5.74, 6) is 0.867. The fourth-order valence-corrected chi connectivity index (χ4v) is 3.68. The Balaban J connectivity index is 1.72. The van der Waals surface area contributed by atoms with E-state index in [1.807, 2.05) is 25.1 Å². The van der Waals surface area contributed by atoms with E-state index in [-0.39, 0.29) is 17.7 Å². The van der Waals surface area contributed by atoms with Gasteiger partial charge in [0.05, 0.1) is 6.61 Å². The van der Waals surface area contributed by atoms with Gasteiger partial charge < -0.3 is 20.1 Å². The normalized spacial score (nSPS) is 22.9. The highest BCUT2D eigenvalue weighted by atomic mass is 79.9. The molecule has 120 valence electrons. The predicted molar refractivity (Wildman–Crippen MR) is 86.9 cm³/mol. The lowest BCUT2D eigenvalue weighted by Gasteiger charge is -2.46. The average Bonchev–Trinajstić information content (AvgIpc) is 2.49. The van der Waals surface area contributed by atoms with Crippen molar-refractivity contribution in [2.45, 2.75) is 37.8 Å². The quantitative estimate of drug-likeness (QED) is 0.826. The van der Waals surface area contributed by atoms with Gasteiger partial charge >= 0.3 is 6.09 Å². The summed E-state index contributed by atoms with van der Waals surface area (Å²) in [6, 6.07) is 5.94. The van der Waals surface area contributed by atoms with Crippen molar-refractivity contribution in [2.75, 3.05) is 19.7 Å². The second-order valence-corrected chi connectivity index (χ2v) is 6.88. The van der Waals surface area contributed by atoms with Crippen LogP contribution in [0.15, 0.2) is 22.7 Å². The molecular weight excluding hydrogens is 348 g/mol. The molecule has 0 unspecified atom stereocenters. The van der Waals surface area contributed by atoms with Crippen molar-refractivity contribution in [1.82, 2.24) is 4.90 Å². The van der Waals surface area contributed by atoms with Gasteiger partial charge in [0.25, 0.3) is 0 Å². The molecule has 0 aromatic heterocycles. The van der Waals surface area contributed by atoms with Crippen LogP contribution >= 0.6 is 15.9 Å². The van der Waals surface area contributed by atoms with E-state index in [1.165, 1.54) is 0 Å². The maximum atomic E-state index is 11.8. The molecule has 2 heterocycles. The zero-order valence-corrected chi connectivity index (χ0v) is 14.3. The number of ether oxygens (including phenoxy) is 2. The molecule has 5 nitrogen and oxygen atoms in total. The van der Waals surface area contributed by atoms with Gasteiger partial charge in [0.15, 0.2) is 0 Å². The first-order valence-corrected chi connectivity index (χ1v) is 8.48. The number of amides is 1. The Morgan fingerprint density at radius 1 is 1.50 bits per heavy atom. The van der Waals surface area contributed by atoms with Crippen LogP contribution in [0.5, 0.6) is 5.75 Å². The summed E-state index contributed by atoms with van der Waals surface area (Å²) in [7, 11) is 0. The summed E-state index contributed by atoms with van der Waals surface area (Å²) in [6.45, 7) is 3.53. The van der Waals surface area contributed by atoms with Crippen LogP contribution in [0.25, 0.3) is 0 Å². The van der Waals surface area contributed by atoms with Crippen LogP contribution in [0.2, 0.25) is 0 Å². The largest absolute Gasteiger partial charge is 0.487 e. The van der Waals surface area contributed by atoms with E-state index < -0.39 is 0 Å². The highest BCUT2D eigenvalue weighted by Gasteiger charge is 2.43. The minimum atomic E-state index is -0.261. The molecule has 0 aliphatic carbocycles. The highest BCUT2D eigenvalue weighted by molar-refractivity contribution is 9.10. The first-order chi connectivity index (χ1) is 10.5. The summed E-state index contributed by atoms with van der Waals surface area (Å²) in [6.07, 6.45) is 2.12. The predicted octanol–water partition coefficient (Wildman–Crippen LogP) is 3.22. The molecular formula is C16H21BrN2O3. The van der Waals surface area contributed by atoms with E-state index in [2.05, 4.69) is 15.9 Å². The van der Waals surface area contributed by atoms with Crippen LogP contribution < -0.4 is 10.5 Å². The Labute approximate surface area is 138 Å². The molecule has 1 fully saturated rings. The molecule has 0 saturated carbocycles. The molecule has 2 aliphatic rings. The fraction of sp³-hybridized carbons (Fsp3) is 0.562. The Hall–Kier alpha value is -1.27. The Morgan fingerprint density at radius 2 is 2.23 bits per heavy atom. The minimum absolute atomic E-state index is 0.0320. The number of rotatable bonds is 1. The lowest BCUT2D eigenvalue weighted by Crippen LogP contribution is -2.52. The smallest absolute Gasteiger partial charge is 0.409 e. The maximum absolute atomic E-state index is 11.8. The highest BCUT2D eigenvalue weighted by Crippen LogP contribution is 2.44. The van der Waals surface area contributed by atoms with Crippen LogP contribution in [-0.2, 0) is 4.74 Å². The summed E-state index contributed by atoms with van der Waals surface area (Å²) in [5, 5.41) is 0. The van der Waals surface area contributed by atoms with Gasteiger partial charge in [-0.05, 0) is 25.1 Å². The van der Waals surface area contributed by atoms with E-state index in [4.69, 9.17) is 15.2 Å². The number of hydrogen-bond acceptors (Lipinski definition) is 4. The molecule has 3 rings (SSSR count). The molecule has 1 aromatic rings. The zero-order valence-electron chi connectivity index (χ0n) is 12.7. The first-order valence-electron chi connectivity index (χ1n) is 7.69. The van der Waals surface area contributed by atoms with Crippen molar-refractivity contribution < 1.29 is 14.3 Å². The monoisotopic (exact) mass is 368 g/mol. The second kappa shape index (κ2) is 6.08. The third kappa shape index (κ3) is 2.94. The third-order valence-corrected chi connectivity index (χ3v) is 4.98. The van der Waals surface area contributed by atoms with Gasteiger partial charge in [0.2, 0.25) is 0 Å². The van der Waals surface area contributed by atoms with Gasteiger partial charge in [0.1, 0.15) is 11.4 Å². The Bertz CT molecular complexity index is 571. The molecule has 0 radical (unpaired) electrons. The van der Waals surface area contributed by atoms with Crippen LogP contribution in [0.3, 0.4) is 0 Å². The molecule has 0 bridgehead atoms. The van der Waals surface area contributed by atoms with Gasteiger partial charge in [-0.15, -0.1) is 0 Å². The third-order valence-electron chi connectivity index (χ3n) is 4.49. The SMILES string of the molecule is CCOC(=O)N1CCC2(CC1)C[C@@H](N)c1cc(Br)ccc1O2. The van der Waals surface area contributed by atoms with Crippen molar-refractivity contribution in [3.8, 4) is 5.75 Å². The zero-order chi connectivity index (χ0) is 15.7. The average molecular weight is 369 g/mol. The van der Waals surface area contributed by atoms with E-state index >= 15 is 0 Å². The van der Waals surface area contributed by atoms with Crippen LogP contribution in [0, 0.1) is 0 Å². The van der Waals surface area contributed by atoms with Gasteiger partial charge in [-0.3, -0.25) is 0 Å². The van der Waals surface area contributed by atoms with Crippen molar-refractivity contribution >= 4 is 22.0 Å². The summed E-state index contributed by atoms with van der Waals surface area (Å²) in [5.41, 5.74) is 7.15. The molecule has 6 heteroatoms. The van der Waals surface area contributed by atoms with Crippen LogP contribution in [0.1, 0.15) is 37.8 Å². The maximum Gasteiger partial charge on any atom is 0.409 e. The molecule has 1 aromatic carbocycles. The molecule has 22 heavy (non-hydrogen) atoms. The standard InChI is InChI=1S/C16H21BrN2O3/c1-2-21-15(20)19-7-5-16(6-8-19)10-13(18)12-9-11(17)3-4-14(12)22-16/h3-4,9,13H,2,5-8,10,18H2,1H3/t13-/m1/s1. The summed E-state index contributed by atoms with van der Waals surface area (Å²) < 4.78 is 12.4. The summed E-state index contributed by atoms with van der Waals surface area (Å²) >= 11 is 3.47. The lowest BCUT2D eigenvalue weighted by atomic mass is 9.81. The molecule has 2 aliphatic heterocycles. The van der Waals surface area contributed by atoms with Gasteiger partial charge in [-0.25, -0.2) is 4.79 Å². The van der Waals surface area contributed by atoms with Gasteiger partial charge in [-0.1, -0.05) is 15.9 Å². The Morgan fingerprint density at radius 3 is 2.91 bits per heavy atom. The second-order valence-electron chi connectivity index (χ2n) is 5.96. The topological polar surface area (TPSA) is 64.8 Å². The number of nitrogens with zero attached hydrogens (tertiary/aromatic N) is 1. The molecule has 2 N–H and O–H groups in total. The molecule has 1 atom stereocenters. The molecule has 1 amide bonds. The van der Waals surface area contributed by atoms with E-state index in [0.29, 0.717) is 19.7 Å². The first kappa shape index (κ1) is 15.6. The lowest BCUT2D eigenvalue weighted by molar-refractivity contribution is -0.0205. The van der Waals surface area contributed by atoms with E-state index in [9.17, 15) is 4.79 Å². The number of fused-ring (bicyclic) bond motifs is 1. The minimum Gasteiger partial charge on any atom is -0.487 e. The fourth-order valence-electron chi connectivity index (χ4n) is 3.31. The Kier molecular flexibility index (Phi) is 4.32. The number of carbonyl (C=O) groups is 1. The van der Waals surface area contributed by atoms with Gasteiger partial charge in [0, 0.05) is 48.4 Å². The van der Waals surface area contributed by atoms with Crippen molar-refractivity contribution in [3.05, 3.63) is 28.2 Å². The van der Waals surface area contributed by atoms with Crippen molar-refractivity contribution in [1.29, 1.82) is 0 Å². The number of nitrogens with two attached hydrogens (primary N) is 1. The number of likely N-dealkylation sites (tertiary alicyclic amines) is 1.